The first-order valence-corrected chi connectivity index (χ1v) is 9.43. The molecule has 1 aliphatic rings. The number of carbonyl (C=O) groups excluding carboxylic acids is 1. The lowest BCUT2D eigenvalue weighted by molar-refractivity contribution is -0.129. The lowest BCUT2D eigenvalue weighted by atomic mass is 10.1. The third-order valence-electron chi connectivity index (χ3n) is 4.85. The molecule has 0 aliphatic carbocycles. The van der Waals surface area contributed by atoms with Crippen LogP contribution in [0.25, 0.3) is 17.0 Å². The summed E-state index contributed by atoms with van der Waals surface area (Å²) in [6.07, 6.45) is 2.39. The van der Waals surface area contributed by atoms with Gasteiger partial charge in [0.05, 0.1) is 21.3 Å². The van der Waals surface area contributed by atoms with Crippen molar-refractivity contribution < 1.29 is 28.2 Å². The highest BCUT2D eigenvalue weighted by molar-refractivity contribution is 6.13. The van der Waals surface area contributed by atoms with Gasteiger partial charge in [0, 0.05) is 22.9 Å². The fourth-order valence-corrected chi connectivity index (χ4v) is 3.41. The van der Waals surface area contributed by atoms with Crippen LogP contribution < -0.4 is 14.2 Å². The Hall–Kier alpha value is -3.74. The Balaban J connectivity index is 1.79. The molecule has 154 valence electrons. The maximum Gasteiger partial charge on any atom is 0.363 e. The number of ether oxygens (including phenoxy) is 4. The number of esters is 1. The van der Waals surface area contributed by atoms with E-state index < -0.39 is 5.97 Å². The number of carbonyl (C=O) groups is 1. The second-order valence-electron chi connectivity index (χ2n) is 6.54. The number of para-hydroxylation sites is 1. The van der Waals surface area contributed by atoms with Crippen molar-refractivity contribution in [1.29, 1.82) is 0 Å². The molecule has 0 amide bonds. The minimum absolute atomic E-state index is 0.163. The van der Waals surface area contributed by atoms with Crippen LogP contribution in [0.2, 0.25) is 0 Å². The van der Waals surface area contributed by atoms with E-state index in [1.807, 2.05) is 31.2 Å². The molecule has 0 saturated carbocycles. The van der Waals surface area contributed by atoms with Crippen molar-refractivity contribution in [3.63, 3.8) is 0 Å². The first-order valence-electron chi connectivity index (χ1n) is 9.43. The van der Waals surface area contributed by atoms with Gasteiger partial charge in [0.15, 0.2) is 17.2 Å². The highest BCUT2D eigenvalue weighted by Crippen LogP contribution is 2.39. The van der Waals surface area contributed by atoms with E-state index in [1.165, 1.54) is 21.3 Å². The number of furan rings is 1. The van der Waals surface area contributed by atoms with Crippen LogP contribution in [0.5, 0.6) is 17.2 Å². The molecule has 0 fully saturated rings. The zero-order valence-electron chi connectivity index (χ0n) is 17.1. The van der Waals surface area contributed by atoms with Gasteiger partial charge in [0.1, 0.15) is 11.3 Å². The molecule has 30 heavy (non-hydrogen) atoms. The highest BCUT2D eigenvalue weighted by atomic mass is 16.6. The Morgan fingerprint density at radius 3 is 2.37 bits per heavy atom. The Kier molecular flexibility index (Phi) is 5.18. The largest absolute Gasteiger partial charge is 0.493 e. The number of nitrogens with zero attached hydrogens (tertiary/aromatic N) is 1. The van der Waals surface area contributed by atoms with Crippen LogP contribution in [0.15, 0.2) is 51.5 Å². The third kappa shape index (κ3) is 3.28. The zero-order chi connectivity index (χ0) is 21.3. The van der Waals surface area contributed by atoms with Crippen molar-refractivity contribution in [2.45, 2.75) is 13.3 Å². The number of hydrogen-bond acceptors (Lipinski definition) is 7. The predicted octanol–water partition coefficient (Wildman–Crippen LogP) is 4.37. The molecule has 0 unspecified atom stereocenters. The molecule has 0 atom stereocenters. The van der Waals surface area contributed by atoms with Gasteiger partial charge in [-0.05, 0) is 24.3 Å². The number of methoxy groups -OCH3 is 3. The van der Waals surface area contributed by atoms with Crippen LogP contribution in [0.3, 0.4) is 0 Å². The quantitative estimate of drug-likeness (QED) is 0.446. The lowest BCUT2D eigenvalue weighted by Gasteiger charge is -2.13. The Morgan fingerprint density at radius 2 is 1.73 bits per heavy atom. The number of aryl methyl sites for hydroxylation is 1. The van der Waals surface area contributed by atoms with Crippen LogP contribution in [0, 0.1) is 0 Å². The summed E-state index contributed by atoms with van der Waals surface area (Å²) in [7, 11) is 4.56. The van der Waals surface area contributed by atoms with E-state index in [-0.39, 0.29) is 11.6 Å². The van der Waals surface area contributed by atoms with Gasteiger partial charge < -0.3 is 23.4 Å². The van der Waals surface area contributed by atoms with E-state index in [1.54, 1.807) is 18.2 Å². The van der Waals surface area contributed by atoms with Gasteiger partial charge in [-0.15, -0.1) is 0 Å². The molecular formula is C23H21NO6. The average Bonchev–Trinajstić information content (AvgIpc) is 3.33. The highest BCUT2D eigenvalue weighted by Gasteiger charge is 2.27. The topological polar surface area (TPSA) is 79.5 Å². The summed E-state index contributed by atoms with van der Waals surface area (Å²) in [4.78, 5) is 16.9. The van der Waals surface area contributed by atoms with E-state index in [9.17, 15) is 4.79 Å². The molecule has 1 aromatic heterocycles. The molecule has 0 saturated heterocycles. The monoisotopic (exact) mass is 407 g/mol. The van der Waals surface area contributed by atoms with Gasteiger partial charge in [-0.3, -0.25) is 0 Å². The summed E-state index contributed by atoms with van der Waals surface area (Å²) in [6, 6.07) is 11.1. The molecule has 0 N–H and O–H groups in total. The van der Waals surface area contributed by atoms with Gasteiger partial charge in [0.2, 0.25) is 11.6 Å². The first kappa shape index (κ1) is 19.6. The molecule has 7 nitrogen and oxygen atoms in total. The number of cyclic esters (lactones) is 1. The van der Waals surface area contributed by atoms with Gasteiger partial charge in [0.25, 0.3) is 0 Å². The maximum absolute atomic E-state index is 12.5. The van der Waals surface area contributed by atoms with Crippen molar-refractivity contribution in [2.75, 3.05) is 21.3 Å². The van der Waals surface area contributed by atoms with Gasteiger partial charge in [-0.2, -0.15) is 0 Å². The maximum atomic E-state index is 12.5. The summed E-state index contributed by atoms with van der Waals surface area (Å²) in [6.45, 7) is 2.00. The first-order chi connectivity index (χ1) is 14.6. The third-order valence-corrected chi connectivity index (χ3v) is 4.85. The summed E-state index contributed by atoms with van der Waals surface area (Å²) in [5.74, 6) is 1.74. The van der Waals surface area contributed by atoms with Crippen LogP contribution in [0.4, 0.5) is 0 Å². The second kappa shape index (κ2) is 7.94. The summed E-state index contributed by atoms with van der Waals surface area (Å²) in [5.41, 5.74) is 2.32. The number of benzene rings is 2. The van der Waals surface area contributed by atoms with Gasteiger partial charge in [-0.25, -0.2) is 9.79 Å². The Morgan fingerprint density at radius 1 is 1.03 bits per heavy atom. The van der Waals surface area contributed by atoms with E-state index >= 15 is 0 Å². The van der Waals surface area contributed by atoms with Crippen molar-refractivity contribution >= 4 is 28.9 Å². The second-order valence-corrected chi connectivity index (χ2v) is 6.54. The SMILES string of the molecule is CCc1oc2ccccc2c1/C=C1\N=C(c2cc(OC)c(OC)c(OC)c2)OC1=O. The van der Waals surface area contributed by atoms with E-state index in [2.05, 4.69) is 4.99 Å². The number of rotatable bonds is 6. The average molecular weight is 407 g/mol. The van der Waals surface area contributed by atoms with Crippen LogP contribution >= 0.6 is 0 Å². The minimum atomic E-state index is -0.536. The number of fused-ring (bicyclic) bond motifs is 1. The molecule has 4 rings (SSSR count). The molecule has 1 aliphatic heterocycles. The molecule has 2 heterocycles. The van der Waals surface area contributed by atoms with Crippen molar-refractivity contribution in [3.05, 3.63) is 59.0 Å². The molecule has 0 bridgehead atoms. The molecular weight excluding hydrogens is 386 g/mol. The van der Waals surface area contributed by atoms with Crippen LogP contribution in [-0.2, 0) is 16.0 Å². The number of hydrogen-bond donors (Lipinski definition) is 0. The van der Waals surface area contributed by atoms with E-state index in [4.69, 9.17) is 23.4 Å². The van der Waals surface area contributed by atoms with Crippen LogP contribution in [-0.4, -0.2) is 33.2 Å². The lowest BCUT2D eigenvalue weighted by Crippen LogP contribution is -2.07. The van der Waals surface area contributed by atoms with E-state index in [0.29, 0.717) is 29.2 Å². The molecule has 0 radical (unpaired) electrons. The zero-order valence-corrected chi connectivity index (χ0v) is 17.1. The van der Waals surface area contributed by atoms with Gasteiger partial charge in [-0.1, -0.05) is 25.1 Å². The minimum Gasteiger partial charge on any atom is -0.493 e. The molecule has 3 aromatic rings. The van der Waals surface area contributed by atoms with Crippen molar-refractivity contribution in [2.24, 2.45) is 4.99 Å². The van der Waals surface area contributed by atoms with E-state index in [0.717, 1.165) is 22.3 Å². The fraction of sp³-hybridized carbons (Fsp3) is 0.217. The summed E-state index contributed by atoms with van der Waals surface area (Å²) >= 11 is 0. The summed E-state index contributed by atoms with van der Waals surface area (Å²) < 4.78 is 27.4. The Labute approximate surface area is 173 Å². The normalized spacial score (nSPS) is 14.7. The summed E-state index contributed by atoms with van der Waals surface area (Å²) in [5, 5.41) is 0.922. The van der Waals surface area contributed by atoms with Crippen molar-refractivity contribution in [1.82, 2.24) is 0 Å². The smallest absolute Gasteiger partial charge is 0.363 e. The molecule has 0 spiro atoms. The fourth-order valence-electron chi connectivity index (χ4n) is 3.41. The molecule has 2 aromatic carbocycles. The standard InChI is InChI=1S/C23H21NO6/c1-5-17-15(14-8-6-7-9-18(14)29-17)12-16-23(25)30-22(24-16)13-10-19(26-2)21(28-4)20(11-13)27-3/h6-12H,5H2,1-4H3/b16-12-. The van der Waals surface area contributed by atoms with Gasteiger partial charge >= 0.3 is 5.97 Å². The molecule has 7 heteroatoms. The number of aliphatic imine (C=N–C) groups is 1. The van der Waals surface area contributed by atoms with Crippen molar-refractivity contribution in [3.8, 4) is 17.2 Å². The predicted molar refractivity (Wildman–Crippen MR) is 112 cm³/mol. The Bertz CT molecular complexity index is 1160. The van der Waals surface area contributed by atoms with Crippen LogP contribution in [0.1, 0.15) is 23.8 Å².